The van der Waals surface area contributed by atoms with Crippen molar-refractivity contribution < 1.29 is 0 Å². The molecule has 144 valence electrons. The zero-order chi connectivity index (χ0) is 20.1. The molecular weight excluding hydrogens is 437 g/mol. The zero-order valence-electron chi connectivity index (χ0n) is 14.4. The van der Waals surface area contributed by atoms with E-state index in [0.717, 1.165) is 0 Å². The molecular formula is C18H10Cl3N7O. The summed E-state index contributed by atoms with van der Waals surface area (Å²) >= 11 is 19.0. The number of fused-ring (bicyclic) bond motifs is 2. The fourth-order valence-electron chi connectivity index (χ4n) is 3.41. The highest BCUT2D eigenvalue weighted by Gasteiger charge is 2.35. The van der Waals surface area contributed by atoms with Crippen molar-refractivity contribution in [1.29, 1.82) is 0 Å². The predicted octanol–water partition coefficient (Wildman–Crippen LogP) is 4.08. The maximum Gasteiger partial charge on any atom is 0.288 e. The molecule has 3 heterocycles. The summed E-state index contributed by atoms with van der Waals surface area (Å²) in [7, 11) is 0. The number of tetrazole rings is 1. The van der Waals surface area contributed by atoms with Gasteiger partial charge in [-0.3, -0.25) is 4.79 Å². The summed E-state index contributed by atoms with van der Waals surface area (Å²) in [6, 6.07) is 11.7. The Labute approximate surface area is 178 Å². The van der Waals surface area contributed by atoms with Crippen LogP contribution in [0.2, 0.25) is 15.1 Å². The molecule has 0 radical (unpaired) electrons. The van der Waals surface area contributed by atoms with E-state index in [9.17, 15) is 4.79 Å². The maximum absolute atomic E-state index is 12.6. The Balaban J connectivity index is 1.86. The van der Waals surface area contributed by atoms with Crippen molar-refractivity contribution in [2.75, 3.05) is 5.32 Å². The second-order valence-electron chi connectivity index (χ2n) is 6.31. The van der Waals surface area contributed by atoms with E-state index in [2.05, 4.69) is 31.0 Å². The van der Waals surface area contributed by atoms with E-state index in [1.165, 1.54) is 0 Å². The van der Waals surface area contributed by atoms with Crippen LogP contribution in [0.3, 0.4) is 0 Å². The van der Waals surface area contributed by atoms with Gasteiger partial charge in [-0.1, -0.05) is 58.1 Å². The summed E-state index contributed by atoms with van der Waals surface area (Å²) in [4.78, 5) is 12.6. The minimum atomic E-state index is -0.596. The smallest absolute Gasteiger partial charge is 0.288 e. The summed E-state index contributed by atoms with van der Waals surface area (Å²) in [5, 5.41) is 22.9. The summed E-state index contributed by atoms with van der Waals surface area (Å²) in [6.45, 7) is 0. The monoisotopic (exact) mass is 445 g/mol. The molecule has 2 aromatic carbocycles. The number of aromatic amines is 1. The summed E-state index contributed by atoms with van der Waals surface area (Å²) in [6.07, 6.45) is 0. The van der Waals surface area contributed by atoms with Gasteiger partial charge < -0.3 is 5.32 Å². The number of benzene rings is 2. The third kappa shape index (κ3) is 2.88. The molecule has 1 aliphatic rings. The van der Waals surface area contributed by atoms with E-state index in [0.29, 0.717) is 43.4 Å². The number of aromatic nitrogens is 6. The van der Waals surface area contributed by atoms with E-state index in [1.54, 1.807) is 28.9 Å². The molecule has 0 saturated heterocycles. The molecule has 0 unspecified atom stereocenters. The Morgan fingerprint density at radius 2 is 1.86 bits per heavy atom. The first-order valence-electron chi connectivity index (χ1n) is 8.42. The normalized spacial score (nSPS) is 14.8. The van der Waals surface area contributed by atoms with Crippen molar-refractivity contribution in [3.63, 3.8) is 0 Å². The fraction of sp³-hybridized carbons (Fsp3) is 0.0556. The molecule has 2 aromatic heterocycles. The third-order valence-corrected chi connectivity index (χ3v) is 5.55. The molecule has 0 aliphatic carbocycles. The topological polar surface area (TPSA) is 101 Å². The van der Waals surface area contributed by atoms with Gasteiger partial charge in [0.05, 0.1) is 5.02 Å². The number of halogens is 3. The second-order valence-corrected chi connectivity index (χ2v) is 7.56. The van der Waals surface area contributed by atoms with Crippen molar-refractivity contribution in [3.8, 4) is 11.3 Å². The quantitative estimate of drug-likeness (QED) is 0.424. The van der Waals surface area contributed by atoms with Crippen LogP contribution < -0.4 is 10.9 Å². The van der Waals surface area contributed by atoms with E-state index in [1.807, 2.05) is 18.2 Å². The highest BCUT2D eigenvalue weighted by molar-refractivity contribution is 6.36. The first-order chi connectivity index (χ1) is 14.0. The summed E-state index contributed by atoms with van der Waals surface area (Å²) in [5.41, 5.74) is 2.17. The van der Waals surface area contributed by atoms with Gasteiger partial charge in [-0.2, -0.15) is 9.78 Å². The molecule has 29 heavy (non-hydrogen) atoms. The molecule has 0 amide bonds. The van der Waals surface area contributed by atoms with Crippen LogP contribution in [0.1, 0.15) is 17.2 Å². The molecule has 0 fully saturated rings. The van der Waals surface area contributed by atoms with E-state index < -0.39 is 11.6 Å². The molecule has 4 aromatic rings. The van der Waals surface area contributed by atoms with Crippen molar-refractivity contribution in [2.45, 2.75) is 6.04 Å². The van der Waals surface area contributed by atoms with Gasteiger partial charge in [0.2, 0.25) is 5.95 Å². The molecule has 2 N–H and O–H groups in total. The van der Waals surface area contributed by atoms with Crippen molar-refractivity contribution in [2.24, 2.45) is 0 Å². The SMILES string of the molecule is O=c1[nH]nc(-c2ccc(Cl)cc2Cl)c2c1Nc1nnnn1[C@H]2c1ccccc1Cl. The van der Waals surface area contributed by atoms with Crippen LogP contribution in [-0.4, -0.2) is 30.4 Å². The molecule has 5 rings (SSSR count). The lowest BCUT2D eigenvalue weighted by atomic mass is 9.92. The number of nitrogens with zero attached hydrogens (tertiary/aromatic N) is 5. The average molecular weight is 447 g/mol. The maximum atomic E-state index is 12.6. The summed E-state index contributed by atoms with van der Waals surface area (Å²) < 4.78 is 1.55. The standard InChI is InChI=1S/C18H10Cl3N7O/c19-8-5-6-9(12(21)7-8)14-13-15(17(29)24-23-14)22-18-25-26-27-28(18)16(13)10-3-1-2-4-11(10)20/h1-7,16H,(H,24,29)(H,22,25,27)/t16-/m0/s1. The number of nitrogens with one attached hydrogen (secondary N) is 2. The minimum Gasteiger partial charge on any atom is -0.318 e. The van der Waals surface area contributed by atoms with Gasteiger partial charge in [-0.15, -0.1) is 0 Å². The lowest BCUT2D eigenvalue weighted by molar-refractivity contribution is 0.567. The number of hydrogen-bond acceptors (Lipinski definition) is 6. The highest BCUT2D eigenvalue weighted by Crippen LogP contribution is 2.44. The first-order valence-corrected chi connectivity index (χ1v) is 9.55. The van der Waals surface area contributed by atoms with Gasteiger partial charge in [0, 0.05) is 26.7 Å². The van der Waals surface area contributed by atoms with Gasteiger partial charge in [0.1, 0.15) is 17.4 Å². The highest BCUT2D eigenvalue weighted by atomic mass is 35.5. The lowest BCUT2D eigenvalue weighted by Crippen LogP contribution is -2.29. The molecule has 8 nitrogen and oxygen atoms in total. The number of anilines is 2. The van der Waals surface area contributed by atoms with E-state index in [4.69, 9.17) is 34.8 Å². The Bertz CT molecular complexity index is 1320. The Hall–Kier alpha value is -2.94. The fourth-order valence-corrected chi connectivity index (χ4v) is 4.15. The minimum absolute atomic E-state index is 0.272. The van der Waals surface area contributed by atoms with Gasteiger partial charge in [-0.25, -0.2) is 5.10 Å². The Morgan fingerprint density at radius 3 is 2.66 bits per heavy atom. The molecule has 1 atom stereocenters. The van der Waals surface area contributed by atoms with Crippen molar-refractivity contribution >= 4 is 46.4 Å². The Morgan fingerprint density at radius 1 is 1.03 bits per heavy atom. The van der Waals surface area contributed by atoms with Crippen LogP contribution in [0.15, 0.2) is 47.3 Å². The van der Waals surface area contributed by atoms with Gasteiger partial charge in [0.25, 0.3) is 5.56 Å². The van der Waals surface area contributed by atoms with Crippen LogP contribution in [0, 0.1) is 0 Å². The Kier molecular flexibility index (Phi) is 4.27. The van der Waals surface area contributed by atoms with Crippen LogP contribution in [-0.2, 0) is 0 Å². The van der Waals surface area contributed by atoms with Gasteiger partial charge in [0.15, 0.2) is 0 Å². The van der Waals surface area contributed by atoms with E-state index >= 15 is 0 Å². The summed E-state index contributed by atoms with van der Waals surface area (Å²) in [5.74, 6) is 0.312. The molecule has 0 saturated carbocycles. The largest absolute Gasteiger partial charge is 0.318 e. The van der Waals surface area contributed by atoms with Crippen LogP contribution in [0.5, 0.6) is 0 Å². The molecule has 0 spiro atoms. The van der Waals surface area contributed by atoms with Crippen LogP contribution in [0.4, 0.5) is 11.6 Å². The van der Waals surface area contributed by atoms with Gasteiger partial charge in [-0.05, 0) is 34.7 Å². The molecule has 11 heteroatoms. The molecule has 0 bridgehead atoms. The second kappa shape index (κ2) is 6.84. The number of H-pyrrole nitrogens is 1. The third-order valence-electron chi connectivity index (χ3n) is 4.65. The molecule has 1 aliphatic heterocycles. The van der Waals surface area contributed by atoms with Crippen LogP contribution >= 0.6 is 34.8 Å². The zero-order valence-corrected chi connectivity index (χ0v) is 16.7. The van der Waals surface area contributed by atoms with Crippen molar-refractivity contribution in [1.82, 2.24) is 30.4 Å². The lowest BCUT2D eigenvalue weighted by Gasteiger charge is -2.28. The predicted molar refractivity (Wildman–Crippen MR) is 110 cm³/mol. The average Bonchev–Trinajstić information content (AvgIpc) is 3.17. The van der Waals surface area contributed by atoms with Crippen LogP contribution in [0.25, 0.3) is 11.3 Å². The number of rotatable bonds is 2. The van der Waals surface area contributed by atoms with Gasteiger partial charge >= 0.3 is 0 Å². The van der Waals surface area contributed by atoms with E-state index in [-0.39, 0.29) is 5.69 Å². The number of hydrogen-bond donors (Lipinski definition) is 2. The van der Waals surface area contributed by atoms with Crippen molar-refractivity contribution in [3.05, 3.63) is 79.0 Å². The first kappa shape index (κ1) is 18.1.